The second kappa shape index (κ2) is 9.13. The Morgan fingerprint density at radius 1 is 0.794 bits per heavy atom. The molecule has 0 saturated heterocycles. The molecule has 0 unspecified atom stereocenters. The van der Waals surface area contributed by atoms with Crippen molar-refractivity contribution in [3.63, 3.8) is 0 Å². The molecule has 4 aromatic carbocycles. The number of halogens is 1. The van der Waals surface area contributed by atoms with Gasteiger partial charge in [-0.05, 0) is 95.6 Å². The Balaban J connectivity index is 1.56. The number of hydrogen-bond acceptors (Lipinski definition) is 2. The monoisotopic (exact) mass is 485 g/mol. The quantitative estimate of drug-likeness (QED) is 0.334. The fourth-order valence-electron chi connectivity index (χ4n) is 4.39. The van der Waals surface area contributed by atoms with Crippen molar-refractivity contribution >= 4 is 39.0 Å². The topological polar surface area (TPSA) is 46.2 Å². The lowest BCUT2D eigenvalue weighted by Crippen LogP contribution is -2.12. The molecule has 5 rings (SSSR count). The van der Waals surface area contributed by atoms with Crippen molar-refractivity contribution in [3.8, 4) is 0 Å². The van der Waals surface area contributed by atoms with E-state index in [-0.39, 0.29) is 4.90 Å². The van der Waals surface area contributed by atoms with Gasteiger partial charge in [0.2, 0.25) is 0 Å². The van der Waals surface area contributed by atoms with Crippen LogP contribution in [0.15, 0.2) is 95.9 Å². The maximum absolute atomic E-state index is 12.9. The molecule has 0 atom stereocenters. The van der Waals surface area contributed by atoms with Crippen LogP contribution in [0.2, 0.25) is 5.02 Å². The second-order valence-electron chi connectivity index (χ2n) is 8.56. The van der Waals surface area contributed by atoms with Gasteiger partial charge in [-0.3, -0.25) is 4.72 Å². The molecule has 170 valence electrons. The lowest BCUT2D eigenvalue weighted by molar-refractivity contribution is 0.601. The van der Waals surface area contributed by atoms with Gasteiger partial charge in [-0.25, -0.2) is 8.42 Å². The predicted octanol–water partition coefficient (Wildman–Crippen LogP) is 7.14. The van der Waals surface area contributed by atoms with Crippen molar-refractivity contribution in [2.75, 3.05) is 4.72 Å². The van der Waals surface area contributed by atoms with Crippen LogP contribution in [0.5, 0.6) is 0 Å². The zero-order chi connectivity index (χ0) is 23.7. The van der Waals surface area contributed by atoms with E-state index in [1.165, 1.54) is 16.7 Å². The minimum absolute atomic E-state index is 0.241. The Morgan fingerprint density at radius 3 is 2.35 bits per heavy atom. The summed E-state index contributed by atoms with van der Waals surface area (Å²) in [5, 5.41) is 0.733. The van der Waals surface area contributed by atoms with Crippen LogP contribution in [0.25, 0.3) is 11.6 Å². The van der Waals surface area contributed by atoms with Gasteiger partial charge in [0.25, 0.3) is 10.0 Å². The fourth-order valence-corrected chi connectivity index (χ4v) is 5.64. The van der Waals surface area contributed by atoms with E-state index >= 15 is 0 Å². The van der Waals surface area contributed by atoms with E-state index in [1.807, 2.05) is 37.3 Å². The van der Waals surface area contributed by atoms with Gasteiger partial charge in [0.1, 0.15) is 0 Å². The first kappa shape index (κ1) is 22.5. The SMILES string of the molecule is Cc1ccc(S(=O)(=O)Nc2cccc(/C=C3/c4ccccc4CCc4cc(Cl)ccc43)c2)cc1. The van der Waals surface area contributed by atoms with Crippen LogP contribution in [0.3, 0.4) is 0 Å². The number of nitrogens with one attached hydrogen (secondary N) is 1. The molecular weight excluding hydrogens is 462 g/mol. The van der Waals surface area contributed by atoms with E-state index in [0.29, 0.717) is 5.69 Å². The van der Waals surface area contributed by atoms with Gasteiger partial charge in [0.15, 0.2) is 0 Å². The molecule has 1 aliphatic rings. The summed E-state index contributed by atoms with van der Waals surface area (Å²) in [6, 6.07) is 28.8. The number of sulfonamides is 1. The van der Waals surface area contributed by atoms with Crippen LogP contribution in [-0.2, 0) is 22.9 Å². The Morgan fingerprint density at radius 2 is 1.53 bits per heavy atom. The van der Waals surface area contributed by atoms with Crippen molar-refractivity contribution in [3.05, 3.63) is 129 Å². The highest BCUT2D eigenvalue weighted by Crippen LogP contribution is 2.36. The lowest BCUT2D eigenvalue weighted by Gasteiger charge is -2.13. The number of hydrogen-bond donors (Lipinski definition) is 1. The molecule has 5 heteroatoms. The largest absolute Gasteiger partial charge is 0.280 e. The van der Waals surface area contributed by atoms with Crippen molar-refractivity contribution < 1.29 is 8.42 Å². The molecule has 3 nitrogen and oxygen atoms in total. The zero-order valence-electron chi connectivity index (χ0n) is 18.8. The van der Waals surface area contributed by atoms with Gasteiger partial charge in [-0.15, -0.1) is 0 Å². The molecule has 0 spiro atoms. The first-order valence-electron chi connectivity index (χ1n) is 11.2. The third kappa shape index (κ3) is 4.65. The Labute approximate surface area is 205 Å². The van der Waals surface area contributed by atoms with Gasteiger partial charge >= 0.3 is 0 Å². The Bertz CT molecular complexity index is 1510. The summed E-state index contributed by atoms with van der Waals surface area (Å²) in [4.78, 5) is 0.241. The summed E-state index contributed by atoms with van der Waals surface area (Å²) in [6.45, 7) is 1.93. The van der Waals surface area contributed by atoms with Gasteiger partial charge in [0, 0.05) is 10.7 Å². The van der Waals surface area contributed by atoms with Crippen LogP contribution in [0.1, 0.15) is 33.4 Å². The Kier molecular flexibility index (Phi) is 6.03. The van der Waals surface area contributed by atoms with Crippen molar-refractivity contribution in [1.29, 1.82) is 0 Å². The summed E-state index contributed by atoms with van der Waals surface area (Å²) in [5.41, 5.74) is 8.40. The second-order valence-corrected chi connectivity index (χ2v) is 10.7. The number of benzene rings is 4. The maximum Gasteiger partial charge on any atom is 0.261 e. The average molecular weight is 486 g/mol. The molecule has 0 aromatic heterocycles. The molecule has 0 bridgehead atoms. The van der Waals surface area contributed by atoms with E-state index in [1.54, 1.807) is 30.3 Å². The van der Waals surface area contributed by atoms with Crippen molar-refractivity contribution in [1.82, 2.24) is 0 Å². The molecule has 0 saturated carbocycles. The average Bonchev–Trinajstić information content (AvgIpc) is 2.96. The summed E-state index contributed by atoms with van der Waals surface area (Å²) in [5.74, 6) is 0. The van der Waals surface area contributed by atoms with Crippen LogP contribution in [0, 0.1) is 6.92 Å². The summed E-state index contributed by atoms with van der Waals surface area (Å²) < 4.78 is 28.5. The van der Waals surface area contributed by atoms with Crippen molar-refractivity contribution in [2.45, 2.75) is 24.7 Å². The summed E-state index contributed by atoms with van der Waals surface area (Å²) in [7, 11) is -3.67. The minimum Gasteiger partial charge on any atom is -0.280 e. The molecule has 34 heavy (non-hydrogen) atoms. The standard InChI is InChI=1S/C29H24ClNO2S/c1-20-9-14-26(15-10-20)34(32,33)31-25-7-4-5-21(17-25)18-29-27-8-3-2-6-22(27)11-12-23-19-24(30)13-16-28(23)29/h2-10,13-19,31H,11-12H2,1H3/b29-18-. The van der Waals surface area contributed by atoms with Crippen LogP contribution >= 0.6 is 11.6 Å². The van der Waals surface area contributed by atoms with E-state index in [9.17, 15) is 8.42 Å². The van der Waals surface area contributed by atoms with E-state index < -0.39 is 10.0 Å². The summed E-state index contributed by atoms with van der Waals surface area (Å²) in [6.07, 6.45) is 3.98. The molecule has 1 aliphatic carbocycles. The van der Waals surface area contributed by atoms with Crippen LogP contribution in [0.4, 0.5) is 5.69 Å². The molecule has 1 N–H and O–H groups in total. The first-order valence-corrected chi connectivity index (χ1v) is 13.0. The predicted molar refractivity (Wildman–Crippen MR) is 141 cm³/mol. The minimum atomic E-state index is -3.67. The smallest absolute Gasteiger partial charge is 0.261 e. The van der Waals surface area contributed by atoms with Gasteiger partial charge in [0.05, 0.1) is 4.90 Å². The molecule has 4 aromatic rings. The number of fused-ring (bicyclic) bond motifs is 2. The van der Waals surface area contributed by atoms with Gasteiger partial charge in [-0.2, -0.15) is 0 Å². The molecule has 0 amide bonds. The van der Waals surface area contributed by atoms with Crippen molar-refractivity contribution in [2.24, 2.45) is 0 Å². The van der Waals surface area contributed by atoms with Gasteiger partial charge in [-0.1, -0.05) is 71.8 Å². The third-order valence-electron chi connectivity index (χ3n) is 6.11. The highest BCUT2D eigenvalue weighted by atomic mass is 35.5. The molecule has 0 heterocycles. The molecular formula is C29H24ClNO2S. The number of rotatable bonds is 4. The van der Waals surface area contributed by atoms with E-state index in [0.717, 1.165) is 40.1 Å². The van der Waals surface area contributed by atoms with E-state index in [4.69, 9.17) is 11.6 Å². The molecule has 0 fully saturated rings. The number of aryl methyl sites for hydroxylation is 3. The maximum atomic E-state index is 12.9. The van der Waals surface area contributed by atoms with E-state index in [2.05, 4.69) is 41.1 Å². The third-order valence-corrected chi connectivity index (χ3v) is 7.74. The Hall–Kier alpha value is -3.34. The van der Waals surface area contributed by atoms with Gasteiger partial charge < -0.3 is 0 Å². The fraction of sp³-hybridized carbons (Fsp3) is 0.103. The number of anilines is 1. The lowest BCUT2D eigenvalue weighted by atomic mass is 9.92. The highest BCUT2D eigenvalue weighted by Gasteiger charge is 2.19. The zero-order valence-corrected chi connectivity index (χ0v) is 20.3. The van der Waals surface area contributed by atoms with Crippen LogP contribution in [-0.4, -0.2) is 8.42 Å². The molecule has 0 aliphatic heterocycles. The molecule has 0 radical (unpaired) electrons. The highest BCUT2D eigenvalue weighted by molar-refractivity contribution is 7.92. The summed E-state index contributed by atoms with van der Waals surface area (Å²) >= 11 is 6.31. The van der Waals surface area contributed by atoms with Crippen LogP contribution < -0.4 is 4.72 Å². The normalized spacial score (nSPS) is 14.2. The first-order chi connectivity index (χ1) is 16.4.